The summed E-state index contributed by atoms with van der Waals surface area (Å²) in [6, 6.07) is 16.9. The highest BCUT2D eigenvalue weighted by molar-refractivity contribution is 6.03. The summed E-state index contributed by atoms with van der Waals surface area (Å²) in [7, 11) is 1.60. The highest BCUT2D eigenvalue weighted by atomic mass is 16.5. The summed E-state index contributed by atoms with van der Waals surface area (Å²) in [5.74, 6) is -0.0704. The number of aldehydes is 1. The number of hydrogen-bond donors (Lipinski definition) is 0. The first-order chi connectivity index (χ1) is 10.3. The molecule has 0 radical (unpaired) electrons. The monoisotopic (exact) mass is 280 g/mol. The average Bonchev–Trinajstić information content (AvgIpc) is 2.54. The molecule has 3 heteroatoms. The SMILES string of the molecule is COc1ccc(C2C(=O)[C@@H](c3ccccc3)[C@H]2C=O)cc1. The van der Waals surface area contributed by atoms with Crippen LogP contribution < -0.4 is 4.74 Å². The second-order valence-electron chi connectivity index (χ2n) is 5.25. The molecule has 2 aromatic carbocycles. The first kappa shape index (κ1) is 13.6. The molecule has 1 unspecified atom stereocenters. The Morgan fingerprint density at radius 2 is 1.48 bits per heavy atom. The maximum atomic E-state index is 12.5. The average molecular weight is 280 g/mol. The molecule has 21 heavy (non-hydrogen) atoms. The molecule has 0 aliphatic heterocycles. The van der Waals surface area contributed by atoms with Crippen LogP contribution in [0.2, 0.25) is 0 Å². The van der Waals surface area contributed by atoms with Crippen molar-refractivity contribution < 1.29 is 14.3 Å². The minimum atomic E-state index is -0.335. The normalized spacial score (nSPS) is 24.2. The van der Waals surface area contributed by atoms with Gasteiger partial charge < -0.3 is 9.53 Å². The molecule has 1 aliphatic carbocycles. The van der Waals surface area contributed by atoms with Gasteiger partial charge in [-0.25, -0.2) is 0 Å². The molecule has 2 aromatic rings. The molecular formula is C18H16O3. The number of ether oxygens (including phenoxy) is 1. The maximum Gasteiger partial charge on any atom is 0.149 e. The van der Waals surface area contributed by atoms with Gasteiger partial charge in [0, 0.05) is 5.92 Å². The molecule has 0 heterocycles. The Bertz CT molecular complexity index is 646. The summed E-state index contributed by atoms with van der Waals surface area (Å²) >= 11 is 0. The van der Waals surface area contributed by atoms with Gasteiger partial charge in [0.05, 0.1) is 18.9 Å². The van der Waals surface area contributed by atoms with Gasteiger partial charge in [-0.2, -0.15) is 0 Å². The summed E-state index contributed by atoms with van der Waals surface area (Å²) in [5.41, 5.74) is 1.80. The summed E-state index contributed by atoms with van der Waals surface area (Å²) in [5, 5.41) is 0. The van der Waals surface area contributed by atoms with Crippen molar-refractivity contribution in [1.82, 2.24) is 0 Å². The van der Waals surface area contributed by atoms with Crippen LogP contribution >= 0.6 is 0 Å². The minimum absolute atomic E-state index is 0.114. The van der Waals surface area contributed by atoms with Crippen LogP contribution in [0.5, 0.6) is 5.75 Å². The number of methoxy groups -OCH3 is 1. The predicted octanol–water partition coefficient (Wildman–Crippen LogP) is 2.96. The van der Waals surface area contributed by atoms with Crippen molar-refractivity contribution in [3.8, 4) is 5.75 Å². The molecule has 1 saturated carbocycles. The Morgan fingerprint density at radius 1 is 0.905 bits per heavy atom. The van der Waals surface area contributed by atoms with Crippen molar-refractivity contribution in [1.29, 1.82) is 0 Å². The van der Waals surface area contributed by atoms with Gasteiger partial charge in [-0.1, -0.05) is 42.5 Å². The van der Waals surface area contributed by atoms with Gasteiger partial charge in [-0.3, -0.25) is 4.79 Å². The number of Topliss-reactive ketones (excluding diaryl/α,β-unsaturated/α-hetero) is 1. The number of rotatable bonds is 4. The van der Waals surface area contributed by atoms with Crippen molar-refractivity contribution in [2.24, 2.45) is 5.92 Å². The third-order valence-corrected chi connectivity index (χ3v) is 4.17. The van der Waals surface area contributed by atoms with Crippen LogP contribution in [0.4, 0.5) is 0 Å². The molecule has 3 atom stereocenters. The van der Waals surface area contributed by atoms with Crippen LogP contribution in [-0.4, -0.2) is 19.2 Å². The first-order valence-corrected chi connectivity index (χ1v) is 6.94. The predicted molar refractivity (Wildman–Crippen MR) is 79.5 cm³/mol. The zero-order valence-electron chi connectivity index (χ0n) is 11.7. The summed E-state index contributed by atoms with van der Waals surface area (Å²) in [6.07, 6.45) is 0.911. The van der Waals surface area contributed by atoms with Gasteiger partial charge in [0.25, 0.3) is 0 Å². The van der Waals surface area contributed by atoms with Crippen LogP contribution in [0.3, 0.4) is 0 Å². The number of benzene rings is 2. The van der Waals surface area contributed by atoms with E-state index >= 15 is 0 Å². The lowest BCUT2D eigenvalue weighted by Gasteiger charge is -2.40. The van der Waals surface area contributed by atoms with Crippen LogP contribution in [0, 0.1) is 5.92 Å². The van der Waals surface area contributed by atoms with E-state index in [0.717, 1.165) is 23.2 Å². The molecule has 0 saturated heterocycles. The van der Waals surface area contributed by atoms with Crippen molar-refractivity contribution in [2.75, 3.05) is 7.11 Å². The highest BCUT2D eigenvalue weighted by Crippen LogP contribution is 2.48. The molecule has 0 bridgehead atoms. The van der Waals surface area contributed by atoms with Gasteiger partial charge in [0.1, 0.15) is 17.8 Å². The minimum Gasteiger partial charge on any atom is -0.497 e. The van der Waals surface area contributed by atoms with Crippen molar-refractivity contribution in [3.05, 3.63) is 65.7 Å². The molecule has 1 aliphatic rings. The maximum absolute atomic E-state index is 12.5. The largest absolute Gasteiger partial charge is 0.497 e. The lowest BCUT2D eigenvalue weighted by Crippen LogP contribution is -2.44. The van der Waals surface area contributed by atoms with Gasteiger partial charge in [-0.15, -0.1) is 0 Å². The molecule has 0 aromatic heterocycles. The van der Waals surface area contributed by atoms with Crippen molar-refractivity contribution in [2.45, 2.75) is 11.8 Å². The van der Waals surface area contributed by atoms with E-state index in [1.165, 1.54) is 0 Å². The zero-order chi connectivity index (χ0) is 14.8. The van der Waals surface area contributed by atoms with Crippen molar-refractivity contribution in [3.63, 3.8) is 0 Å². The lowest BCUT2D eigenvalue weighted by molar-refractivity contribution is -0.137. The lowest BCUT2D eigenvalue weighted by atomic mass is 9.59. The second-order valence-corrected chi connectivity index (χ2v) is 5.25. The standard InChI is InChI=1S/C18H16O3/c1-21-14-9-7-13(8-10-14)17-15(11-19)16(18(17)20)12-5-3-2-4-6-12/h2-11,15-17H,1H3/t15-,16+,17?/m1/s1. The quantitative estimate of drug-likeness (QED) is 0.809. The number of carbonyl (C=O) groups is 2. The second kappa shape index (κ2) is 5.52. The third kappa shape index (κ3) is 2.25. The van der Waals surface area contributed by atoms with Crippen LogP contribution in [0.1, 0.15) is 23.0 Å². The van der Waals surface area contributed by atoms with E-state index in [2.05, 4.69) is 0 Å². The number of hydrogen-bond acceptors (Lipinski definition) is 3. The summed E-state index contributed by atoms with van der Waals surface area (Å²) in [4.78, 5) is 23.9. The Kier molecular flexibility index (Phi) is 3.57. The van der Waals surface area contributed by atoms with Gasteiger partial charge in [0.15, 0.2) is 0 Å². The molecule has 0 amide bonds. The van der Waals surface area contributed by atoms with E-state index in [9.17, 15) is 9.59 Å². The molecule has 0 N–H and O–H groups in total. The highest BCUT2D eigenvalue weighted by Gasteiger charge is 2.50. The van der Waals surface area contributed by atoms with Gasteiger partial charge in [0.2, 0.25) is 0 Å². The molecule has 106 valence electrons. The summed E-state index contributed by atoms with van der Waals surface area (Å²) in [6.45, 7) is 0. The van der Waals surface area contributed by atoms with Gasteiger partial charge >= 0.3 is 0 Å². The van der Waals surface area contributed by atoms with E-state index in [-0.39, 0.29) is 23.5 Å². The topological polar surface area (TPSA) is 43.4 Å². The van der Waals surface area contributed by atoms with E-state index < -0.39 is 0 Å². The van der Waals surface area contributed by atoms with Crippen LogP contribution in [0.15, 0.2) is 54.6 Å². The molecule has 1 fully saturated rings. The van der Waals surface area contributed by atoms with E-state index in [1.807, 2.05) is 54.6 Å². The van der Waals surface area contributed by atoms with Crippen LogP contribution in [-0.2, 0) is 9.59 Å². The van der Waals surface area contributed by atoms with Crippen molar-refractivity contribution >= 4 is 12.1 Å². The van der Waals surface area contributed by atoms with Crippen LogP contribution in [0.25, 0.3) is 0 Å². The Hall–Kier alpha value is -2.42. The molecule has 0 spiro atoms. The Labute approximate surface area is 123 Å². The molecular weight excluding hydrogens is 264 g/mol. The first-order valence-electron chi connectivity index (χ1n) is 6.94. The number of ketones is 1. The van der Waals surface area contributed by atoms with E-state index in [1.54, 1.807) is 7.11 Å². The Morgan fingerprint density at radius 3 is 2.00 bits per heavy atom. The fourth-order valence-electron chi connectivity index (χ4n) is 3.05. The fourth-order valence-corrected chi connectivity index (χ4v) is 3.05. The van der Waals surface area contributed by atoms with E-state index in [4.69, 9.17) is 4.74 Å². The zero-order valence-corrected chi connectivity index (χ0v) is 11.7. The molecule has 3 rings (SSSR count). The van der Waals surface area contributed by atoms with Gasteiger partial charge in [-0.05, 0) is 23.3 Å². The fraction of sp³-hybridized carbons (Fsp3) is 0.222. The van der Waals surface area contributed by atoms with E-state index in [0.29, 0.717) is 0 Å². The molecule has 3 nitrogen and oxygen atoms in total. The smallest absolute Gasteiger partial charge is 0.149 e. The summed E-state index contributed by atoms with van der Waals surface area (Å²) < 4.78 is 5.12. The Balaban J connectivity index is 1.88. The third-order valence-electron chi connectivity index (χ3n) is 4.17. The number of carbonyl (C=O) groups excluding carboxylic acids is 2.